The Bertz CT molecular complexity index is 1260. The molecule has 0 bridgehead atoms. The molecule has 1 aliphatic rings. The van der Waals surface area contributed by atoms with Gasteiger partial charge in [-0.25, -0.2) is 4.39 Å². The van der Waals surface area contributed by atoms with Crippen LogP contribution in [-0.4, -0.2) is 31.6 Å². The number of carbonyl (C=O) groups is 1. The standard InChI is InChI=1S/C28H28F4N2O3/c1-36-24-14-19-12-13-34(26(27(33)35)18-6-4-3-5-7-18)23(21(19)16-25(24)37-2)11-9-17-8-10-20(29)15-22(17)28(30,31)32/h3-8,10,14-16,23,26H,9,11-13H2,1-2H3,(H2,33,35). The average molecular weight is 517 g/mol. The minimum Gasteiger partial charge on any atom is -0.493 e. The lowest BCUT2D eigenvalue weighted by Crippen LogP contribution is -2.44. The average Bonchev–Trinajstić information content (AvgIpc) is 2.87. The summed E-state index contributed by atoms with van der Waals surface area (Å²) in [4.78, 5) is 14.7. The number of ether oxygens (including phenoxy) is 2. The number of nitrogens with zero attached hydrogens (tertiary/aromatic N) is 1. The molecule has 2 N–H and O–H groups in total. The van der Waals surface area contributed by atoms with E-state index in [1.807, 2.05) is 23.1 Å². The fourth-order valence-electron chi connectivity index (χ4n) is 5.16. The van der Waals surface area contributed by atoms with E-state index in [1.165, 1.54) is 20.3 Å². The quantitative estimate of drug-likeness (QED) is 0.395. The number of alkyl halides is 3. The lowest BCUT2D eigenvalue weighted by atomic mass is 9.85. The maximum atomic E-state index is 13.7. The van der Waals surface area contributed by atoms with Crippen LogP contribution in [0.3, 0.4) is 0 Å². The first-order chi connectivity index (χ1) is 17.6. The molecule has 0 saturated heterocycles. The Labute approximate surface area is 212 Å². The SMILES string of the molecule is COc1cc2c(cc1OC)C(CCc1ccc(F)cc1C(F)(F)F)N(C(C(N)=O)c1ccccc1)CC2. The summed E-state index contributed by atoms with van der Waals surface area (Å²) in [5.41, 5.74) is 7.32. The van der Waals surface area contributed by atoms with E-state index >= 15 is 0 Å². The van der Waals surface area contributed by atoms with Crippen molar-refractivity contribution in [3.63, 3.8) is 0 Å². The van der Waals surface area contributed by atoms with Crippen LogP contribution in [-0.2, 0) is 23.8 Å². The molecule has 5 nitrogen and oxygen atoms in total. The van der Waals surface area contributed by atoms with Crippen LogP contribution < -0.4 is 15.2 Å². The van der Waals surface area contributed by atoms with Crippen molar-refractivity contribution in [3.8, 4) is 11.5 Å². The van der Waals surface area contributed by atoms with Crippen LogP contribution in [0.15, 0.2) is 60.7 Å². The summed E-state index contributed by atoms with van der Waals surface area (Å²) in [6, 6.07) is 14.2. The largest absolute Gasteiger partial charge is 0.493 e. The Hall–Kier alpha value is -3.59. The molecule has 1 heterocycles. The fourth-order valence-corrected chi connectivity index (χ4v) is 5.16. The van der Waals surface area contributed by atoms with Crippen LogP contribution in [0.2, 0.25) is 0 Å². The first-order valence-electron chi connectivity index (χ1n) is 11.8. The topological polar surface area (TPSA) is 64.8 Å². The minimum absolute atomic E-state index is 0.00431. The zero-order valence-electron chi connectivity index (χ0n) is 20.5. The van der Waals surface area contributed by atoms with Gasteiger partial charge in [0.05, 0.1) is 19.8 Å². The molecule has 37 heavy (non-hydrogen) atoms. The van der Waals surface area contributed by atoms with Gasteiger partial charge in [0.2, 0.25) is 5.91 Å². The van der Waals surface area contributed by atoms with Crippen LogP contribution in [0.25, 0.3) is 0 Å². The third-order valence-electron chi connectivity index (χ3n) is 6.82. The van der Waals surface area contributed by atoms with Gasteiger partial charge >= 0.3 is 6.18 Å². The molecule has 2 atom stereocenters. The summed E-state index contributed by atoms with van der Waals surface area (Å²) >= 11 is 0. The number of carbonyl (C=O) groups excluding carboxylic acids is 1. The molecule has 0 saturated carbocycles. The summed E-state index contributed by atoms with van der Waals surface area (Å²) in [5.74, 6) is -0.490. The first kappa shape index (κ1) is 26.5. The monoisotopic (exact) mass is 516 g/mol. The molecule has 0 fully saturated rings. The highest BCUT2D eigenvalue weighted by Gasteiger charge is 2.38. The number of aryl methyl sites for hydroxylation is 1. The number of primary amides is 1. The molecular weight excluding hydrogens is 488 g/mol. The van der Waals surface area contributed by atoms with Crippen LogP contribution in [0.5, 0.6) is 11.5 Å². The molecule has 0 aliphatic carbocycles. The van der Waals surface area contributed by atoms with Crippen molar-refractivity contribution in [2.45, 2.75) is 37.5 Å². The molecule has 3 aromatic rings. The number of hydrogen-bond donors (Lipinski definition) is 1. The number of fused-ring (bicyclic) bond motifs is 1. The number of hydrogen-bond acceptors (Lipinski definition) is 4. The molecule has 9 heteroatoms. The van der Waals surface area contributed by atoms with Crippen molar-refractivity contribution in [2.24, 2.45) is 5.73 Å². The minimum atomic E-state index is -4.70. The Morgan fingerprint density at radius 2 is 1.73 bits per heavy atom. The van der Waals surface area contributed by atoms with Gasteiger partial charge in [-0.1, -0.05) is 36.4 Å². The van der Waals surface area contributed by atoms with Crippen molar-refractivity contribution in [1.82, 2.24) is 4.90 Å². The van der Waals surface area contributed by atoms with Crippen LogP contribution in [0.4, 0.5) is 17.6 Å². The normalized spacial score (nSPS) is 16.6. The van der Waals surface area contributed by atoms with Gasteiger partial charge in [0.15, 0.2) is 11.5 Å². The van der Waals surface area contributed by atoms with Crippen molar-refractivity contribution >= 4 is 5.91 Å². The van der Waals surface area contributed by atoms with Crippen molar-refractivity contribution in [2.75, 3.05) is 20.8 Å². The predicted molar refractivity (Wildman–Crippen MR) is 131 cm³/mol. The second-order valence-electron chi connectivity index (χ2n) is 8.96. The summed E-state index contributed by atoms with van der Waals surface area (Å²) < 4.78 is 65.7. The van der Waals surface area contributed by atoms with E-state index in [9.17, 15) is 22.4 Å². The number of halogens is 4. The molecule has 4 rings (SSSR count). The van der Waals surface area contributed by atoms with E-state index in [2.05, 4.69) is 0 Å². The molecule has 3 aromatic carbocycles. The maximum Gasteiger partial charge on any atom is 0.416 e. The van der Waals surface area contributed by atoms with E-state index in [-0.39, 0.29) is 18.4 Å². The zero-order valence-corrected chi connectivity index (χ0v) is 20.5. The van der Waals surface area contributed by atoms with Crippen molar-refractivity contribution in [1.29, 1.82) is 0 Å². The number of methoxy groups -OCH3 is 2. The highest BCUT2D eigenvalue weighted by atomic mass is 19.4. The summed E-state index contributed by atoms with van der Waals surface area (Å²) in [5, 5.41) is 0. The van der Waals surface area contributed by atoms with Crippen LogP contribution in [0, 0.1) is 5.82 Å². The molecule has 2 unspecified atom stereocenters. The number of nitrogens with two attached hydrogens (primary N) is 1. The Balaban J connectivity index is 1.79. The van der Waals surface area contributed by atoms with Gasteiger partial charge in [0.25, 0.3) is 0 Å². The molecule has 0 radical (unpaired) electrons. The van der Waals surface area contributed by atoms with E-state index in [4.69, 9.17) is 15.2 Å². The van der Waals surface area contributed by atoms with E-state index in [0.717, 1.165) is 17.2 Å². The maximum absolute atomic E-state index is 13.7. The van der Waals surface area contributed by atoms with Crippen LogP contribution in [0.1, 0.15) is 46.3 Å². The molecule has 0 spiro atoms. The number of rotatable bonds is 8. The second-order valence-corrected chi connectivity index (χ2v) is 8.96. The molecule has 1 amide bonds. The highest BCUT2D eigenvalue weighted by Crippen LogP contribution is 2.43. The summed E-state index contributed by atoms with van der Waals surface area (Å²) in [6.45, 7) is 0.450. The van der Waals surface area contributed by atoms with Gasteiger partial charge in [-0.05, 0) is 65.8 Å². The predicted octanol–water partition coefficient (Wildman–Crippen LogP) is 5.62. The molecular formula is C28H28F4N2O3. The Morgan fingerprint density at radius 3 is 2.35 bits per heavy atom. The third kappa shape index (κ3) is 5.56. The van der Waals surface area contributed by atoms with Gasteiger partial charge in [0.1, 0.15) is 11.9 Å². The van der Waals surface area contributed by atoms with Gasteiger partial charge in [-0.15, -0.1) is 0 Å². The lowest BCUT2D eigenvalue weighted by Gasteiger charge is -2.42. The van der Waals surface area contributed by atoms with Crippen molar-refractivity contribution < 1.29 is 31.8 Å². The van der Waals surface area contributed by atoms with E-state index < -0.39 is 35.5 Å². The Kier molecular flexibility index (Phi) is 7.73. The van der Waals surface area contributed by atoms with E-state index in [1.54, 1.807) is 24.3 Å². The summed E-state index contributed by atoms with van der Waals surface area (Å²) in [6.07, 6.45) is -3.89. The third-order valence-corrected chi connectivity index (χ3v) is 6.82. The molecule has 0 aromatic heterocycles. The van der Waals surface area contributed by atoms with E-state index in [0.29, 0.717) is 36.1 Å². The highest BCUT2D eigenvalue weighted by molar-refractivity contribution is 5.81. The second kappa shape index (κ2) is 10.8. The fraction of sp³-hybridized carbons (Fsp3) is 0.321. The van der Waals surface area contributed by atoms with Gasteiger partial charge in [-0.3, -0.25) is 9.69 Å². The Morgan fingerprint density at radius 1 is 1.05 bits per heavy atom. The molecule has 196 valence electrons. The van der Waals surface area contributed by atoms with Gasteiger partial charge in [0, 0.05) is 12.6 Å². The zero-order chi connectivity index (χ0) is 26.7. The number of benzene rings is 3. The van der Waals surface area contributed by atoms with Gasteiger partial charge in [-0.2, -0.15) is 13.2 Å². The lowest BCUT2D eigenvalue weighted by molar-refractivity contribution is -0.138. The smallest absolute Gasteiger partial charge is 0.416 e. The first-order valence-corrected chi connectivity index (χ1v) is 11.8. The summed E-state index contributed by atoms with van der Waals surface area (Å²) in [7, 11) is 3.03. The van der Waals surface area contributed by atoms with Gasteiger partial charge < -0.3 is 15.2 Å². The van der Waals surface area contributed by atoms with Crippen LogP contribution >= 0.6 is 0 Å². The van der Waals surface area contributed by atoms with Crippen molar-refractivity contribution in [3.05, 3.63) is 94.3 Å². The molecule has 1 aliphatic heterocycles. The number of amides is 1.